The van der Waals surface area contributed by atoms with Crippen LogP contribution < -0.4 is 26.4 Å². The topological polar surface area (TPSA) is 200 Å². The summed E-state index contributed by atoms with van der Waals surface area (Å²) in [6.45, 7) is 12.9. The molecule has 5 N–H and O–H groups in total. The van der Waals surface area contributed by atoms with Crippen molar-refractivity contribution < 1.29 is 46.6 Å². The number of carbonyl (C=O) groups excluding carboxylic acids is 5. The van der Waals surface area contributed by atoms with Crippen molar-refractivity contribution in [1.82, 2.24) is 35.3 Å². The molecule has 2 saturated heterocycles. The van der Waals surface area contributed by atoms with Gasteiger partial charge in [0.15, 0.2) is 0 Å². The van der Waals surface area contributed by atoms with Crippen molar-refractivity contribution in [3.63, 3.8) is 0 Å². The number of hydrogen-bond acceptors (Lipinski definition) is 11. The Kier molecular flexibility index (Phi) is 17.7. The van der Waals surface area contributed by atoms with E-state index in [4.69, 9.17) is 0 Å². The van der Waals surface area contributed by atoms with Crippen LogP contribution in [0.4, 0.5) is 28.9 Å². The highest BCUT2D eigenvalue weighted by atomic mass is 32.1. The Bertz CT molecular complexity index is 2830. The molecule has 75 heavy (non-hydrogen) atoms. The van der Waals surface area contributed by atoms with Crippen LogP contribution in [0.2, 0.25) is 0 Å². The summed E-state index contributed by atoms with van der Waals surface area (Å²) >= 11 is 1.55. The maximum absolute atomic E-state index is 16.2. The third-order valence-electron chi connectivity index (χ3n) is 14.4. The van der Waals surface area contributed by atoms with Gasteiger partial charge in [-0.15, -0.1) is 11.3 Å². The second kappa shape index (κ2) is 23.6. The Balaban J connectivity index is 0.913. The van der Waals surface area contributed by atoms with Gasteiger partial charge in [-0.2, -0.15) is 13.2 Å². The standard InChI is InChI=1S/C54H67F4N9O7S/c1-31-27-66(28-32(2)64(31)7)43-24-41(55)38(22-42(43)62-50(72)39-26-59-46(70)23-40(39)54(56,57)58)35-17-19-65(20-18-35)47(71)12-10-8-9-11-45(69)63-49(53(4,5)6)52(74)67-29-37(68)21-44(67)51(73)60-25-34-13-15-36(16-14-34)48-33(3)61-30-75-48/h13-17,22-24,26,30-32,37,44,49,68H,8-12,18-21,25,27-29H2,1-7H3,(H,59,70)(H,60,73)(H,62,72)(H,63,69)/t31-,32+,37-,44+,49?/m1/s1. The highest BCUT2D eigenvalue weighted by Crippen LogP contribution is 2.38. The van der Waals surface area contributed by atoms with Crippen LogP contribution in [0.15, 0.2) is 65.0 Å². The largest absolute Gasteiger partial charge is 0.417 e. The summed E-state index contributed by atoms with van der Waals surface area (Å²) in [6, 6.07) is 8.93. The maximum atomic E-state index is 16.2. The first-order chi connectivity index (χ1) is 35.4. The molecule has 0 bridgehead atoms. The molecule has 5 heterocycles. The first-order valence-electron chi connectivity index (χ1n) is 25.3. The monoisotopic (exact) mass is 1060 g/mol. The molecule has 16 nitrogen and oxygen atoms in total. The normalized spacial score (nSPS) is 19.9. The molecule has 0 radical (unpaired) electrons. The van der Waals surface area contributed by atoms with Crippen molar-refractivity contribution >= 4 is 57.8 Å². The number of aliphatic hydroxyl groups excluding tert-OH is 1. The average Bonchev–Trinajstić information content (AvgIpc) is 3.98. The zero-order chi connectivity index (χ0) is 54.5. The minimum absolute atomic E-state index is 0.0268. The molecule has 0 saturated carbocycles. The number of nitrogens with one attached hydrogen (secondary N) is 4. The molecule has 7 rings (SSSR count). The van der Waals surface area contributed by atoms with Crippen LogP contribution in [0.3, 0.4) is 0 Å². The summed E-state index contributed by atoms with van der Waals surface area (Å²) in [5.74, 6) is -3.11. The first-order valence-corrected chi connectivity index (χ1v) is 26.2. The quantitative estimate of drug-likeness (QED) is 0.0569. The second-order valence-electron chi connectivity index (χ2n) is 21.0. The number of amides is 5. The molecule has 1 unspecified atom stereocenters. The number of piperazine rings is 1. The molecule has 21 heteroatoms. The summed E-state index contributed by atoms with van der Waals surface area (Å²) < 4.78 is 58.1. The van der Waals surface area contributed by atoms with Gasteiger partial charge >= 0.3 is 6.18 Å². The van der Waals surface area contributed by atoms with E-state index in [0.29, 0.717) is 50.2 Å². The number of halogens is 4. The molecule has 0 spiro atoms. The SMILES string of the molecule is Cc1ncsc1-c1ccc(CNC(=O)[C@@H]2C[C@@H](O)CN2C(=O)C(NC(=O)CCCCCC(=O)N2CC=C(c3cc(NC(=O)c4c[nH]c(=O)cc4C(F)(F)F)c(N4C[C@@H](C)N(C)[C@@H](C)C4)cc3F)CC2)C(C)(C)C)cc1. The predicted molar refractivity (Wildman–Crippen MR) is 279 cm³/mol. The number of aliphatic hydroxyl groups is 1. The molecule has 2 fully saturated rings. The van der Waals surface area contributed by atoms with E-state index in [9.17, 15) is 47.0 Å². The Morgan fingerprint density at radius 3 is 2.28 bits per heavy atom. The zero-order valence-electron chi connectivity index (χ0n) is 43.4. The highest BCUT2D eigenvalue weighted by Gasteiger charge is 2.45. The zero-order valence-corrected chi connectivity index (χ0v) is 44.2. The number of thiazole rings is 1. The van der Waals surface area contributed by atoms with Crippen LogP contribution in [0.5, 0.6) is 0 Å². The summed E-state index contributed by atoms with van der Waals surface area (Å²) in [4.78, 5) is 94.2. The highest BCUT2D eigenvalue weighted by molar-refractivity contribution is 7.13. The van der Waals surface area contributed by atoms with E-state index < -0.39 is 70.0 Å². The van der Waals surface area contributed by atoms with Crippen molar-refractivity contribution in [2.24, 2.45) is 5.41 Å². The van der Waals surface area contributed by atoms with E-state index in [2.05, 4.69) is 30.8 Å². The van der Waals surface area contributed by atoms with Crippen molar-refractivity contribution in [3.05, 3.63) is 104 Å². The van der Waals surface area contributed by atoms with Gasteiger partial charge in [0, 0.05) is 88.4 Å². The van der Waals surface area contributed by atoms with Crippen LogP contribution in [0.25, 0.3) is 16.0 Å². The number of H-pyrrole nitrogens is 1. The van der Waals surface area contributed by atoms with Crippen LogP contribution >= 0.6 is 11.3 Å². The number of aromatic nitrogens is 2. The lowest BCUT2D eigenvalue weighted by molar-refractivity contribution is -0.144. The minimum atomic E-state index is -5.00. The number of unbranched alkanes of at least 4 members (excludes halogenated alkanes) is 2. The van der Waals surface area contributed by atoms with Gasteiger partial charge in [0.05, 0.1) is 44.7 Å². The lowest BCUT2D eigenvalue weighted by Gasteiger charge is -2.44. The summed E-state index contributed by atoms with van der Waals surface area (Å²) in [6.07, 6.45) is -1.43. The van der Waals surface area contributed by atoms with Crippen molar-refractivity contribution in [3.8, 4) is 10.4 Å². The van der Waals surface area contributed by atoms with Gasteiger partial charge in [-0.05, 0) is 81.3 Å². The number of aromatic amines is 1. The van der Waals surface area contributed by atoms with E-state index in [1.165, 1.54) is 17.0 Å². The molecular formula is C54H67F4N9O7S. The molecule has 5 amide bonds. The Morgan fingerprint density at radius 1 is 0.960 bits per heavy atom. The number of anilines is 2. The third-order valence-corrected chi connectivity index (χ3v) is 15.4. The number of likely N-dealkylation sites (tertiary alicyclic amines) is 1. The smallest absolute Gasteiger partial charge is 0.391 e. The number of hydrogen-bond donors (Lipinski definition) is 5. The molecule has 3 aliphatic rings. The van der Waals surface area contributed by atoms with Crippen LogP contribution in [0, 0.1) is 18.2 Å². The lowest BCUT2D eigenvalue weighted by atomic mass is 9.85. The van der Waals surface area contributed by atoms with E-state index in [1.807, 2.05) is 77.8 Å². The van der Waals surface area contributed by atoms with Crippen molar-refractivity contribution in [2.45, 2.75) is 129 Å². The third kappa shape index (κ3) is 13.7. The van der Waals surface area contributed by atoms with Crippen molar-refractivity contribution in [1.29, 1.82) is 0 Å². The number of pyridine rings is 1. The first kappa shape index (κ1) is 56.3. The lowest BCUT2D eigenvalue weighted by Crippen LogP contribution is -2.57. The van der Waals surface area contributed by atoms with E-state index in [1.54, 1.807) is 27.8 Å². The molecule has 5 atom stereocenters. The van der Waals surface area contributed by atoms with Gasteiger partial charge in [-0.3, -0.25) is 33.7 Å². The Hall–Kier alpha value is -6.45. The van der Waals surface area contributed by atoms with E-state index in [-0.39, 0.29) is 92.7 Å². The molecule has 404 valence electrons. The Labute approximate surface area is 437 Å². The van der Waals surface area contributed by atoms with Crippen LogP contribution in [-0.2, 0) is 31.9 Å². The minimum Gasteiger partial charge on any atom is -0.391 e. The fraction of sp³-hybridized carbons (Fsp3) is 0.500. The van der Waals surface area contributed by atoms with E-state index >= 15 is 4.39 Å². The number of nitrogens with zero attached hydrogens (tertiary/aromatic N) is 5. The van der Waals surface area contributed by atoms with Gasteiger partial charge in [-0.25, -0.2) is 9.37 Å². The van der Waals surface area contributed by atoms with Gasteiger partial charge in [0.25, 0.3) is 5.91 Å². The van der Waals surface area contributed by atoms with Gasteiger partial charge in [0.1, 0.15) is 17.9 Å². The summed E-state index contributed by atoms with van der Waals surface area (Å²) in [5, 5.41) is 19.0. The van der Waals surface area contributed by atoms with Gasteiger partial charge < -0.3 is 40.7 Å². The Morgan fingerprint density at radius 2 is 1.65 bits per heavy atom. The fourth-order valence-electron chi connectivity index (χ4n) is 9.91. The number of carbonyl (C=O) groups is 5. The van der Waals surface area contributed by atoms with Gasteiger partial charge in [-0.1, -0.05) is 57.5 Å². The van der Waals surface area contributed by atoms with Crippen LogP contribution in [-0.4, -0.2) is 129 Å². The van der Waals surface area contributed by atoms with Crippen LogP contribution in [0.1, 0.15) is 112 Å². The second-order valence-corrected chi connectivity index (χ2v) is 21.9. The molecule has 0 aliphatic carbocycles. The number of benzene rings is 2. The maximum Gasteiger partial charge on any atom is 0.417 e. The molecule has 2 aromatic carbocycles. The summed E-state index contributed by atoms with van der Waals surface area (Å²) in [5.41, 5.74) is 1.70. The van der Waals surface area contributed by atoms with Crippen molar-refractivity contribution in [2.75, 3.05) is 50.0 Å². The molecule has 3 aliphatic heterocycles. The molecule has 2 aromatic heterocycles. The number of likely N-dealkylation sites (N-methyl/N-ethyl adjacent to an activating group) is 1. The molecule has 4 aromatic rings. The average molecular weight is 1060 g/mol. The number of rotatable bonds is 16. The van der Waals surface area contributed by atoms with E-state index in [0.717, 1.165) is 21.7 Å². The number of β-amino-alcohol motifs (C(OH)–C–C–N with tert-alkyl or cyclic N) is 1. The summed E-state index contributed by atoms with van der Waals surface area (Å²) in [7, 11) is 1.96. The predicted octanol–water partition coefficient (Wildman–Crippen LogP) is 7.12. The number of alkyl halides is 3. The number of aryl methyl sites for hydroxylation is 1. The fourth-order valence-corrected chi connectivity index (χ4v) is 10.7. The van der Waals surface area contributed by atoms with Gasteiger partial charge in [0.2, 0.25) is 29.2 Å². The molecular weight excluding hydrogens is 995 g/mol.